The molecule has 1 heterocycles. The number of hydrogen-bond acceptors (Lipinski definition) is 4. The van der Waals surface area contributed by atoms with Crippen LogP contribution in [0.4, 0.5) is 5.69 Å². The summed E-state index contributed by atoms with van der Waals surface area (Å²) in [4.78, 5) is 14.1. The number of aryl methyl sites for hydroxylation is 1. The summed E-state index contributed by atoms with van der Waals surface area (Å²) in [5.74, 6) is -0.353. The predicted octanol–water partition coefficient (Wildman–Crippen LogP) is 2.52. The second-order valence-electron chi connectivity index (χ2n) is 5.62. The Hall–Kier alpha value is -2.32. The van der Waals surface area contributed by atoms with Gasteiger partial charge in [-0.1, -0.05) is 12.1 Å². The zero-order valence-electron chi connectivity index (χ0n) is 13.7. The second kappa shape index (κ2) is 8.35. The number of anilines is 1. The highest BCUT2D eigenvalue weighted by atomic mass is 16.5. The van der Waals surface area contributed by atoms with Crippen LogP contribution in [0.3, 0.4) is 0 Å². The van der Waals surface area contributed by atoms with Gasteiger partial charge in [0.05, 0.1) is 6.10 Å². The number of nitrogens with zero attached hydrogens (tertiary/aromatic N) is 2. The summed E-state index contributed by atoms with van der Waals surface area (Å²) in [7, 11) is 0. The van der Waals surface area contributed by atoms with E-state index in [9.17, 15) is 10.1 Å². The third kappa shape index (κ3) is 4.83. The smallest absolute Gasteiger partial charge is 0.263 e. The third-order valence-corrected chi connectivity index (χ3v) is 3.84. The molecule has 5 heteroatoms. The van der Waals surface area contributed by atoms with Crippen LogP contribution in [0.5, 0.6) is 0 Å². The summed E-state index contributed by atoms with van der Waals surface area (Å²) in [6.45, 7) is 5.87. The first-order valence-electron chi connectivity index (χ1n) is 7.99. The molecule has 0 bridgehead atoms. The molecule has 1 unspecified atom stereocenters. The molecule has 0 aromatic heterocycles. The fourth-order valence-corrected chi connectivity index (χ4v) is 2.56. The molecule has 1 saturated heterocycles. The molecule has 122 valence electrons. The molecule has 1 amide bonds. The van der Waals surface area contributed by atoms with E-state index < -0.39 is 0 Å². The van der Waals surface area contributed by atoms with E-state index in [0.717, 1.165) is 30.7 Å². The minimum absolute atomic E-state index is 0.0675. The minimum atomic E-state index is -0.353. The van der Waals surface area contributed by atoms with Crippen LogP contribution in [-0.2, 0) is 9.53 Å². The Kier molecular flexibility index (Phi) is 6.19. The number of nitrogens with one attached hydrogen (secondary N) is 1. The molecular formula is C18H23N3O2. The molecule has 1 aromatic rings. The summed E-state index contributed by atoms with van der Waals surface area (Å²) in [6.07, 6.45) is 3.66. The van der Waals surface area contributed by atoms with Crippen LogP contribution in [-0.4, -0.2) is 31.7 Å². The second-order valence-corrected chi connectivity index (χ2v) is 5.62. The standard InChI is InChI=1S/C18H23N3O2/c1-3-21(16-7-4-6-14(2)10-16)13-15(11-19)18(22)20-12-17-8-5-9-23-17/h4,6-7,10,13,17H,3,5,8-9,12H2,1-2H3,(H,20,22)/b15-13-. The van der Waals surface area contributed by atoms with Gasteiger partial charge >= 0.3 is 0 Å². The van der Waals surface area contributed by atoms with E-state index in [1.807, 2.05) is 49.1 Å². The lowest BCUT2D eigenvalue weighted by molar-refractivity contribution is -0.117. The van der Waals surface area contributed by atoms with Gasteiger partial charge in [-0.25, -0.2) is 0 Å². The highest BCUT2D eigenvalue weighted by molar-refractivity contribution is 5.97. The van der Waals surface area contributed by atoms with E-state index in [1.54, 1.807) is 6.20 Å². The molecule has 1 atom stereocenters. The van der Waals surface area contributed by atoms with Crippen LogP contribution in [0.25, 0.3) is 0 Å². The van der Waals surface area contributed by atoms with E-state index in [0.29, 0.717) is 13.1 Å². The van der Waals surface area contributed by atoms with Crippen LogP contribution >= 0.6 is 0 Å². The number of hydrogen-bond donors (Lipinski definition) is 1. The van der Waals surface area contributed by atoms with Gasteiger partial charge in [-0.2, -0.15) is 5.26 Å². The van der Waals surface area contributed by atoms with Crippen molar-refractivity contribution in [2.24, 2.45) is 0 Å². The summed E-state index contributed by atoms with van der Waals surface area (Å²) in [5.41, 5.74) is 2.20. The van der Waals surface area contributed by atoms with Gasteiger partial charge in [-0.05, 0) is 44.4 Å². The molecule has 1 aliphatic rings. The van der Waals surface area contributed by atoms with Crippen LogP contribution < -0.4 is 10.2 Å². The molecule has 0 aliphatic carbocycles. The average molecular weight is 313 g/mol. The van der Waals surface area contributed by atoms with Crippen molar-refractivity contribution in [2.75, 3.05) is 24.6 Å². The summed E-state index contributed by atoms with van der Waals surface area (Å²) >= 11 is 0. The summed E-state index contributed by atoms with van der Waals surface area (Å²) in [5, 5.41) is 12.1. The van der Waals surface area contributed by atoms with Crippen molar-refractivity contribution in [3.05, 3.63) is 41.6 Å². The van der Waals surface area contributed by atoms with E-state index in [2.05, 4.69) is 5.32 Å². The van der Waals surface area contributed by atoms with Crippen molar-refractivity contribution in [3.63, 3.8) is 0 Å². The van der Waals surface area contributed by atoms with Gasteiger partial charge in [0.1, 0.15) is 11.6 Å². The fraction of sp³-hybridized carbons (Fsp3) is 0.444. The van der Waals surface area contributed by atoms with Crippen molar-refractivity contribution in [1.29, 1.82) is 5.26 Å². The maximum Gasteiger partial charge on any atom is 0.263 e. The van der Waals surface area contributed by atoms with E-state index in [4.69, 9.17) is 4.74 Å². The number of ether oxygens (including phenoxy) is 1. The Morgan fingerprint density at radius 1 is 1.57 bits per heavy atom. The van der Waals surface area contributed by atoms with Crippen molar-refractivity contribution < 1.29 is 9.53 Å². The third-order valence-electron chi connectivity index (χ3n) is 3.84. The van der Waals surface area contributed by atoms with Gasteiger partial charge in [-0.3, -0.25) is 4.79 Å². The number of benzene rings is 1. The SMILES string of the molecule is CCN(/C=C(/C#N)C(=O)NCC1CCCO1)c1cccc(C)c1. The lowest BCUT2D eigenvalue weighted by Gasteiger charge is -2.19. The van der Waals surface area contributed by atoms with Crippen molar-refractivity contribution >= 4 is 11.6 Å². The predicted molar refractivity (Wildman–Crippen MR) is 89.9 cm³/mol. The fourth-order valence-electron chi connectivity index (χ4n) is 2.56. The Morgan fingerprint density at radius 2 is 2.39 bits per heavy atom. The maximum absolute atomic E-state index is 12.2. The van der Waals surface area contributed by atoms with Crippen LogP contribution in [0.1, 0.15) is 25.3 Å². The van der Waals surface area contributed by atoms with Gasteiger partial charge in [-0.15, -0.1) is 0 Å². The van der Waals surface area contributed by atoms with Crippen LogP contribution in [0.15, 0.2) is 36.0 Å². The van der Waals surface area contributed by atoms with Crippen LogP contribution in [0.2, 0.25) is 0 Å². The van der Waals surface area contributed by atoms with Crippen molar-refractivity contribution in [1.82, 2.24) is 5.32 Å². The molecule has 0 radical (unpaired) electrons. The number of rotatable bonds is 6. The number of carbonyl (C=O) groups is 1. The van der Waals surface area contributed by atoms with Crippen molar-refractivity contribution in [2.45, 2.75) is 32.8 Å². The Morgan fingerprint density at radius 3 is 3.00 bits per heavy atom. The number of nitriles is 1. The lowest BCUT2D eigenvalue weighted by Crippen LogP contribution is -2.33. The van der Waals surface area contributed by atoms with E-state index in [-0.39, 0.29) is 17.6 Å². The highest BCUT2D eigenvalue weighted by Gasteiger charge is 2.18. The molecule has 5 nitrogen and oxygen atoms in total. The molecule has 0 spiro atoms. The first-order chi connectivity index (χ1) is 11.1. The molecular weight excluding hydrogens is 290 g/mol. The van der Waals surface area contributed by atoms with Gasteiger partial charge < -0.3 is 15.0 Å². The molecule has 1 aromatic carbocycles. The van der Waals surface area contributed by atoms with Gasteiger partial charge in [0, 0.05) is 31.6 Å². The quantitative estimate of drug-likeness (QED) is 0.647. The van der Waals surface area contributed by atoms with Crippen molar-refractivity contribution in [3.8, 4) is 6.07 Å². The zero-order chi connectivity index (χ0) is 16.7. The molecule has 1 fully saturated rings. The number of carbonyl (C=O) groups excluding carboxylic acids is 1. The minimum Gasteiger partial charge on any atom is -0.376 e. The monoisotopic (exact) mass is 313 g/mol. The lowest BCUT2D eigenvalue weighted by atomic mass is 10.2. The number of amides is 1. The topological polar surface area (TPSA) is 65.4 Å². The molecule has 2 rings (SSSR count). The zero-order valence-corrected chi connectivity index (χ0v) is 13.7. The van der Waals surface area contributed by atoms with Gasteiger partial charge in [0.2, 0.25) is 0 Å². The largest absolute Gasteiger partial charge is 0.376 e. The van der Waals surface area contributed by atoms with Gasteiger partial charge in [0.15, 0.2) is 0 Å². The first-order valence-corrected chi connectivity index (χ1v) is 7.99. The Balaban J connectivity index is 2.05. The summed E-state index contributed by atoms with van der Waals surface area (Å²) < 4.78 is 5.47. The highest BCUT2D eigenvalue weighted by Crippen LogP contribution is 2.17. The Bertz CT molecular complexity index is 613. The molecule has 0 saturated carbocycles. The average Bonchev–Trinajstić information content (AvgIpc) is 3.07. The molecule has 1 N–H and O–H groups in total. The Labute approximate surface area is 137 Å². The first kappa shape index (κ1) is 17.0. The van der Waals surface area contributed by atoms with E-state index in [1.165, 1.54) is 0 Å². The van der Waals surface area contributed by atoms with E-state index >= 15 is 0 Å². The van der Waals surface area contributed by atoms with Crippen LogP contribution in [0, 0.1) is 18.3 Å². The normalized spacial score (nSPS) is 17.6. The molecule has 1 aliphatic heterocycles. The summed E-state index contributed by atoms with van der Waals surface area (Å²) in [6, 6.07) is 9.96. The van der Waals surface area contributed by atoms with Gasteiger partial charge in [0.25, 0.3) is 5.91 Å². The molecule has 23 heavy (non-hydrogen) atoms. The maximum atomic E-state index is 12.2.